The number of ether oxygens (including phenoxy) is 1. The van der Waals surface area contributed by atoms with Crippen LogP contribution in [0.15, 0.2) is 28.3 Å². The Balaban J connectivity index is 1.98. The monoisotopic (exact) mass is 368 g/mol. The molecule has 0 bridgehead atoms. The highest BCUT2D eigenvalue weighted by molar-refractivity contribution is 9.10. The van der Waals surface area contributed by atoms with Gasteiger partial charge in [0, 0.05) is 39.8 Å². The molecule has 1 aromatic rings. The van der Waals surface area contributed by atoms with Gasteiger partial charge >= 0.3 is 0 Å². The molecule has 1 N–H and O–H groups in total. The van der Waals surface area contributed by atoms with E-state index in [2.05, 4.69) is 52.6 Å². The molecule has 1 aliphatic rings. The summed E-state index contributed by atoms with van der Waals surface area (Å²) in [6, 6.07) is 0. The fourth-order valence-corrected chi connectivity index (χ4v) is 2.61. The maximum absolute atomic E-state index is 5.22. The number of hydrogen-bond acceptors (Lipinski definition) is 5. The quantitative estimate of drug-likeness (QED) is 0.488. The van der Waals surface area contributed by atoms with Crippen LogP contribution in [0.3, 0.4) is 0 Å². The van der Waals surface area contributed by atoms with Crippen LogP contribution in [-0.2, 0) is 0 Å². The first kappa shape index (κ1) is 16.5. The Bertz CT molecular complexity index is 542. The average Bonchev–Trinajstić information content (AvgIpc) is 2.56. The molecule has 2 rings (SSSR count). The number of rotatable bonds is 4. The van der Waals surface area contributed by atoms with Crippen LogP contribution in [0, 0.1) is 0 Å². The van der Waals surface area contributed by atoms with Crippen molar-refractivity contribution in [3.05, 3.63) is 23.3 Å². The molecule has 0 radical (unpaired) electrons. The summed E-state index contributed by atoms with van der Waals surface area (Å²) in [6.45, 7) is 7.80. The van der Waals surface area contributed by atoms with Crippen molar-refractivity contribution in [3.63, 3.8) is 0 Å². The highest BCUT2D eigenvalue weighted by Crippen LogP contribution is 2.23. The van der Waals surface area contributed by atoms with Gasteiger partial charge in [0.05, 0.1) is 17.8 Å². The van der Waals surface area contributed by atoms with Crippen LogP contribution >= 0.6 is 15.9 Å². The van der Waals surface area contributed by atoms with E-state index in [1.807, 2.05) is 6.08 Å². The third-order valence-electron chi connectivity index (χ3n) is 3.37. The minimum Gasteiger partial charge on any atom is -0.480 e. The summed E-state index contributed by atoms with van der Waals surface area (Å²) in [7, 11) is 3.39. The molecule has 7 nitrogen and oxygen atoms in total. The Morgan fingerprint density at radius 3 is 2.82 bits per heavy atom. The Morgan fingerprint density at radius 1 is 1.50 bits per heavy atom. The molecule has 0 saturated carbocycles. The van der Waals surface area contributed by atoms with Gasteiger partial charge < -0.3 is 19.9 Å². The number of nitrogens with zero attached hydrogens (tertiary/aromatic N) is 5. The predicted octanol–water partition coefficient (Wildman–Crippen LogP) is 1.13. The maximum atomic E-state index is 5.22. The molecule has 120 valence electrons. The molecule has 8 heteroatoms. The summed E-state index contributed by atoms with van der Waals surface area (Å²) in [5.74, 6) is 2.14. The Labute approximate surface area is 139 Å². The van der Waals surface area contributed by atoms with Crippen molar-refractivity contribution in [2.75, 3.05) is 51.8 Å². The van der Waals surface area contributed by atoms with Crippen LogP contribution in [0.25, 0.3) is 0 Å². The summed E-state index contributed by atoms with van der Waals surface area (Å²) in [4.78, 5) is 17.4. The number of hydrogen-bond donors (Lipinski definition) is 1. The number of aromatic nitrogens is 2. The summed E-state index contributed by atoms with van der Waals surface area (Å²) >= 11 is 3.37. The van der Waals surface area contributed by atoms with Crippen molar-refractivity contribution in [1.29, 1.82) is 0 Å². The number of halogens is 1. The molecule has 2 heterocycles. The van der Waals surface area contributed by atoms with E-state index >= 15 is 0 Å². The van der Waals surface area contributed by atoms with E-state index in [0.29, 0.717) is 18.4 Å². The zero-order valence-electron chi connectivity index (χ0n) is 12.9. The van der Waals surface area contributed by atoms with Gasteiger partial charge in [-0.15, -0.1) is 6.58 Å². The van der Waals surface area contributed by atoms with E-state index in [1.54, 1.807) is 20.4 Å². The number of anilines is 1. The van der Waals surface area contributed by atoms with Crippen molar-refractivity contribution < 1.29 is 4.74 Å². The minimum absolute atomic E-state index is 0.552. The highest BCUT2D eigenvalue weighted by Gasteiger charge is 2.21. The second-order valence-electron chi connectivity index (χ2n) is 4.72. The number of piperazine rings is 1. The standard InChI is InChI=1S/C14H21BrN6O/c1-4-5-17-13(16-2)20-6-8-21(9-7-20)14-18-10-11(15)12(19-14)22-3/h4,10H,1,5-9H2,2-3H3,(H,16,17). The van der Waals surface area contributed by atoms with Gasteiger partial charge in [0.15, 0.2) is 5.96 Å². The van der Waals surface area contributed by atoms with Crippen molar-refractivity contribution in [3.8, 4) is 5.88 Å². The van der Waals surface area contributed by atoms with Gasteiger partial charge in [-0.2, -0.15) is 4.98 Å². The molecule has 1 saturated heterocycles. The topological polar surface area (TPSA) is 65.9 Å². The van der Waals surface area contributed by atoms with Gasteiger partial charge in [-0.3, -0.25) is 4.99 Å². The van der Waals surface area contributed by atoms with Crippen molar-refractivity contribution in [2.45, 2.75) is 0 Å². The Kier molecular flexibility index (Phi) is 6.00. The lowest BCUT2D eigenvalue weighted by molar-refractivity contribution is 0.367. The van der Waals surface area contributed by atoms with Gasteiger partial charge in [-0.25, -0.2) is 4.98 Å². The second-order valence-corrected chi connectivity index (χ2v) is 5.57. The van der Waals surface area contributed by atoms with E-state index in [0.717, 1.165) is 36.6 Å². The van der Waals surface area contributed by atoms with Crippen LogP contribution in [0.4, 0.5) is 5.95 Å². The molecule has 22 heavy (non-hydrogen) atoms. The van der Waals surface area contributed by atoms with Gasteiger partial charge in [0.25, 0.3) is 0 Å². The first-order valence-electron chi connectivity index (χ1n) is 7.07. The first-order chi connectivity index (χ1) is 10.7. The fraction of sp³-hybridized carbons (Fsp3) is 0.500. The number of methoxy groups -OCH3 is 1. The van der Waals surface area contributed by atoms with Gasteiger partial charge in [-0.05, 0) is 15.9 Å². The molecule has 0 atom stereocenters. The Hall–Kier alpha value is -1.83. The van der Waals surface area contributed by atoms with Crippen LogP contribution in [0.5, 0.6) is 5.88 Å². The molecule has 0 unspecified atom stereocenters. The highest BCUT2D eigenvalue weighted by atomic mass is 79.9. The van der Waals surface area contributed by atoms with E-state index in [1.165, 1.54) is 0 Å². The summed E-state index contributed by atoms with van der Waals surface area (Å²) in [6.07, 6.45) is 3.54. The normalized spacial score (nSPS) is 15.7. The smallest absolute Gasteiger partial charge is 0.232 e. The predicted molar refractivity (Wildman–Crippen MR) is 91.6 cm³/mol. The summed E-state index contributed by atoms with van der Waals surface area (Å²) in [5, 5.41) is 3.25. The van der Waals surface area contributed by atoms with Crippen molar-refractivity contribution >= 4 is 27.8 Å². The van der Waals surface area contributed by atoms with Crippen LogP contribution in [-0.4, -0.2) is 67.7 Å². The molecule has 0 aromatic carbocycles. The van der Waals surface area contributed by atoms with E-state index in [-0.39, 0.29) is 0 Å². The largest absolute Gasteiger partial charge is 0.480 e. The Morgan fingerprint density at radius 2 is 2.23 bits per heavy atom. The molecular formula is C14H21BrN6O. The van der Waals surface area contributed by atoms with Gasteiger partial charge in [-0.1, -0.05) is 6.08 Å². The molecule has 1 fully saturated rings. The van der Waals surface area contributed by atoms with E-state index in [4.69, 9.17) is 4.74 Å². The lowest BCUT2D eigenvalue weighted by atomic mass is 10.3. The SMILES string of the molecule is C=CCNC(=NC)N1CCN(c2ncc(Br)c(OC)n2)CC1. The summed E-state index contributed by atoms with van der Waals surface area (Å²) in [5.41, 5.74) is 0. The van der Waals surface area contributed by atoms with Gasteiger partial charge in [0.1, 0.15) is 0 Å². The van der Waals surface area contributed by atoms with Crippen molar-refractivity contribution in [1.82, 2.24) is 20.2 Å². The zero-order chi connectivity index (χ0) is 15.9. The number of guanidine groups is 1. The lowest BCUT2D eigenvalue weighted by Gasteiger charge is -2.36. The van der Waals surface area contributed by atoms with Crippen molar-refractivity contribution in [2.24, 2.45) is 4.99 Å². The van der Waals surface area contributed by atoms with E-state index in [9.17, 15) is 0 Å². The van der Waals surface area contributed by atoms with E-state index < -0.39 is 0 Å². The molecular weight excluding hydrogens is 348 g/mol. The molecule has 1 aliphatic heterocycles. The van der Waals surface area contributed by atoms with Gasteiger partial charge in [0.2, 0.25) is 11.8 Å². The third-order valence-corrected chi connectivity index (χ3v) is 3.91. The lowest BCUT2D eigenvalue weighted by Crippen LogP contribution is -2.52. The van der Waals surface area contributed by atoms with Crippen LogP contribution in [0.1, 0.15) is 0 Å². The summed E-state index contributed by atoms with van der Waals surface area (Å²) < 4.78 is 5.98. The van der Waals surface area contributed by atoms with Crippen LogP contribution in [0.2, 0.25) is 0 Å². The maximum Gasteiger partial charge on any atom is 0.232 e. The molecule has 1 aromatic heterocycles. The van der Waals surface area contributed by atoms with Crippen LogP contribution < -0.4 is 15.0 Å². The number of nitrogens with one attached hydrogen (secondary N) is 1. The minimum atomic E-state index is 0.552. The molecule has 0 spiro atoms. The third kappa shape index (κ3) is 3.88. The molecule has 0 aliphatic carbocycles. The molecule has 0 amide bonds. The average molecular weight is 369 g/mol. The number of aliphatic imine (C=N–C) groups is 1. The zero-order valence-corrected chi connectivity index (χ0v) is 14.5. The fourth-order valence-electron chi connectivity index (χ4n) is 2.25. The first-order valence-corrected chi connectivity index (χ1v) is 7.87. The second kappa shape index (κ2) is 7.98.